The van der Waals surface area contributed by atoms with E-state index in [2.05, 4.69) is 5.32 Å². The van der Waals surface area contributed by atoms with Gasteiger partial charge in [0.15, 0.2) is 5.11 Å². The molecule has 0 aliphatic carbocycles. The van der Waals surface area contributed by atoms with E-state index < -0.39 is 0 Å². The maximum atomic E-state index is 12.9. The molecule has 0 saturated carbocycles. The number of anilines is 1. The van der Waals surface area contributed by atoms with Crippen LogP contribution in [-0.4, -0.2) is 15.9 Å². The van der Waals surface area contributed by atoms with E-state index in [1.807, 2.05) is 24.3 Å². The van der Waals surface area contributed by atoms with Crippen molar-refractivity contribution in [3.63, 3.8) is 0 Å². The molecule has 100 valence electrons. The number of thiocarbonyl (C=S) groups is 1. The van der Waals surface area contributed by atoms with Crippen molar-refractivity contribution in [3.05, 3.63) is 65.5 Å². The van der Waals surface area contributed by atoms with Crippen LogP contribution in [0.1, 0.15) is 15.9 Å². The minimum Gasteiger partial charge on any atom is -0.332 e. The van der Waals surface area contributed by atoms with Gasteiger partial charge in [0.1, 0.15) is 5.82 Å². The molecule has 0 unspecified atom stereocenters. The first-order valence-electron chi connectivity index (χ1n) is 6.11. The topological polar surface area (TPSA) is 32.3 Å². The lowest BCUT2D eigenvalue weighted by molar-refractivity contribution is 0.0841. The van der Waals surface area contributed by atoms with Crippen LogP contribution in [0.3, 0.4) is 0 Å². The van der Waals surface area contributed by atoms with E-state index in [1.165, 1.54) is 29.2 Å². The zero-order valence-electron chi connectivity index (χ0n) is 10.5. The lowest BCUT2D eigenvalue weighted by Gasteiger charge is -2.30. The van der Waals surface area contributed by atoms with E-state index in [0.29, 0.717) is 17.2 Å². The van der Waals surface area contributed by atoms with Gasteiger partial charge in [0, 0.05) is 11.3 Å². The summed E-state index contributed by atoms with van der Waals surface area (Å²) in [6.07, 6.45) is 0. The summed E-state index contributed by atoms with van der Waals surface area (Å²) in [6, 6.07) is 13.1. The molecule has 0 saturated heterocycles. The first-order chi connectivity index (χ1) is 9.65. The zero-order valence-corrected chi connectivity index (χ0v) is 11.3. The number of hydrogen-bond donors (Lipinski definition) is 1. The van der Waals surface area contributed by atoms with Crippen molar-refractivity contribution in [2.75, 3.05) is 5.32 Å². The number of carbonyl (C=O) groups is 1. The molecule has 1 heterocycles. The number of hydrogen-bond acceptors (Lipinski definition) is 2. The average molecular weight is 286 g/mol. The van der Waals surface area contributed by atoms with Crippen molar-refractivity contribution in [3.8, 4) is 0 Å². The van der Waals surface area contributed by atoms with Gasteiger partial charge in [0.2, 0.25) is 0 Å². The van der Waals surface area contributed by atoms with Crippen molar-refractivity contribution in [2.45, 2.75) is 6.54 Å². The molecule has 2 aromatic rings. The number of fused-ring (bicyclic) bond motifs is 1. The molecule has 0 aromatic heterocycles. The van der Waals surface area contributed by atoms with Crippen LogP contribution in [-0.2, 0) is 6.54 Å². The van der Waals surface area contributed by atoms with E-state index in [1.54, 1.807) is 0 Å². The quantitative estimate of drug-likeness (QED) is 0.817. The second-order valence-corrected chi connectivity index (χ2v) is 4.87. The van der Waals surface area contributed by atoms with Crippen LogP contribution in [0.5, 0.6) is 0 Å². The number of nitrogens with zero attached hydrogens (tertiary/aromatic N) is 1. The highest BCUT2D eigenvalue weighted by atomic mass is 32.1. The summed E-state index contributed by atoms with van der Waals surface area (Å²) in [6.45, 7) is 0.415. The highest BCUT2D eigenvalue weighted by Gasteiger charge is 2.25. The Morgan fingerprint density at radius 2 is 1.85 bits per heavy atom. The van der Waals surface area contributed by atoms with Gasteiger partial charge in [-0.05, 0) is 48.1 Å². The number of amides is 1. The Bertz CT molecular complexity index is 685. The second-order valence-electron chi connectivity index (χ2n) is 4.49. The van der Waals surface area contributed by atoms with E-state index in [0.717, 1.165) is 11.3 Å². The van der Waals surface area contributed by atoms with Crippen LogP contribution in [0.4, 0.5) is 10.1 Å². The van der Waals surface area contributed by atoms with Gasteiger partial charge in [-0.3, -0.25) is 9.69 Å². The SMILES string of the molecule is O=C(c1ccc(F)cc1)N1Cc2ccccc2NC1=S. The monoisotopic (exact) mass is 286 g/mol. The molecular weight excluding hydrogens is 275 g/mol. The maximum absolute atomic E-state index is 12.9. The van der Waals surface area contributed by atoms with Crippen LogP contribution in [0.25, 0.3) is 0 Å². The van der Waals surface area contributed by atoms with Crippen LogP contribution in [0, 0.1) is 5.82 Å². The number of carbonyl (C=O) groups excluding carboxylic acids is 1. The summed E-state index contributed by atoms with van der Waals surface area (Å²) >= 11 is 5.23. The van der Waals surface area contributed by atoms with Crippen LogP contribution >= 0.6 is 12.2 Å². The summed E-state index contributed by atoms with van der Waals surface area (Å²) in [5, 5.41) is 3.39. The van der Waals surface area contributed by atoms with Crippen molar-refractivity contribution < 1.29 is 9.18 Å². The van der Waals surface area contributed by atoms with Gasteiger partial charge >= 0.3 is 0 Å². The molecular formula is C15H11FN2OS. The molecule has 0 atom stereocenters. The Balaban J connectivity index is 1.89. The molecule has 3 nitrogen and oxygen atoms in total. The Labute approximate surface area is 121 Å². The number of nitrogens with one attached hydrogen (secondary N) is 1. The van der Waals surface area contributed by atoms with Crippen molar-refractivity contribution in [1.82, 2.24) is 4.90 Å². The third kappa shape index (κ3) is 2.28. The molecule has 20 heavy (non-hydrogen) atoms. The summed E-state index contributed by atoms with van der Waals surface area (Å²) in [7, 11) is 0. The number of benzene rings is 2. The van der Waals surface area contributed by atoms with Crippen LogP contribution in [0.15, 0.2) is 48.5 Å². The highest BCUT2D eigenvalue weighted by molar-refractivity contribution is 7.80. The fourth-order valence-corrected chi connectivity index (χ4v) is 2.37. The van der Waals surface area contributed by atoms with Gasteiger partial charge < -0.3 is 5.32 Å². The van der Waals surface area contributed by atoms with Gasteiger partial charge in [0.05, 0.1) is 6.54 Å². The minimum absolute atomic E-state index is 0.239. The Hall–Kier alpha value is -2.27. The van der Waals surface area contributed by atoms with Crippen LogP contribution < -0.4 is 5.32 Å². The summed E-state index contributed by atoms with van der Waals surface area (Å²) in [5.74, 6) is -0.608. The standard InChI is InChI=1S/C15H11FN2OS/c16-12-7-5-10(6-8-12)14(19)18-9-11-3-1-2-4-13(11)17-15(18)20/h1-8H,9H2,(H,17,20). The van der Waals surface area contributed by atoms with Gasteiger partial charge in [-0.25, -0.2) is 4.39 Å². The Kier molecular flexibility index (Phi) is 3.20. The van der Waals surface area contributed by atoms with Gasteiger partial charge in [-0.1, -0.05) is 18.2 Å². The average Bonchev–Trinajstić information content (AvgIpc) is 2.46. The third-order valence-electron chi connectivity index (χ3n) is 3.17. The number of rotatable bonds is 1. The fraction of sp³-hybridized carbons (Fsp3) is 0.0667. The molecule has 1 amide bonds. The fourth-order valence-electron chi connectivity index (χ4n) is 2.12. The van der Waals surface area contributed by atoms with Crippen LogP contribution in [0.2, 0.25) is 0 Å². The number of halogens is 1. The predicted molar refractivity (Wildman–Crippen MR) is 78.9 cm³/mol. The van der Waals surface area contributed by atoms with E-state index in [-0.39, 0.29) is 11.7 Å². The first kappa shape index (κ1) is 12.7. The lowest BCUT2D eigenvalue weighted by Crippen LogP contribution is -2.42. The van der Waals surface area contributed by atoms with Crippen molar-refractivity contribution in [1.29, 1.82) is 0 Å². The highest BCUT2D eigenvalue weighted by Crippen LogP contribution is 2.24. The molecule has 1 aliphatic heterocycles. The van der Waals surface area contributed by atoms with E-state index in [4.69, 9.17) is 12.2 Å². The zero-order chi connectivity index (χ0) is 14.1. The lowest BCUT2D eigenvalue weighted by atomic mass is 10.1. The second kappa shape index (κ2) is 5.02. The van der Waals surface area contributed by atoms with Crippen molar-refractivity contribution >= 4 is 28.9 Å². The smallest absolute Gasteiger partial charge is 0.260 e. The normalized spacial score (nSPS) is 13.7. The molecule has 3 rings (SSSR count). The largest absolute Gasteiger partial charge is 0.332 e. The molecule has 1 aliphatic rings. The summed E-state index contributed by atoms with van der Waals surface area (Å²) < 4.78 is 12.9. The molecule has 5 heteroatoms. The maximum Gasteiger partial charge on any atom is 0.260 e. The van der Waals surface area contributed by atoms with E-state index in [9.17, 15) is 9.18 Å². The summed E-state index contributed by atoms with van der Waals surface area (Å²) in [4.78, 5) is 13.9. The number of para-hydroxylation sites is 1. The van der Waals surface area contributed by atoms with Gasteiger partial charge in [-0.2, -0.15) is 0 Å². The molecule has 0 bridgehead atoms. The molecule has 0 radical (unpaired) electrons. The Morgan fingerprint density at radius 1 is 1.15 bits per heavy atom. The molecule has 0 spiro atoms. The van der Waals surface area contributed by atoms with Crippen molar-refractivity contribution in [2.24, 2.45) is 0 Å². The third-order valence-corrected chi connectivity index (χ3v) is 3.49. The molecule has 0 fully saturated rings. The predicted octanol–water partition coefficient (Wildman–Crippen LogP) is 3.18. The Morgan fingerprint density at radius 3 is 2.60 bits per heavy atom. The van der Waals surface area contributed by atoms with Gasteiger partial charge in [0.25, 0.3) is 5.91 Å². The molecule has 2 aromatic carbocycles. The van der Waals surface area contributed by atoms with Gasteiger partial charge in [-0.15, -0.1) is 0 Å². The minimum atomic E-state index is -0.369. The van der Waals surface area contributed by atoms with E-state index >= 15 is 0 Å². The first-order valence-corrected chi connectivity index (χ1v) is 6.52. The molecule has 1 N–H and O–H groups in total. The summed E-state index contributed by atoms with van der Waals surface area (Å²) in [5.41, 5.74) is 2.33.